The largest absolute Gasteiger partial charge is 0.507 e. The van der Waals surface area contributed by atoms with E-state index in [1.807, 2.05) is 67.8 Å². The summed E-state index contributed by atoms with van der Waals surface area (Å²) in [5, 5.41) is 15.1. The number of thiophene rings is 1. The van der Waals surface area contributed by atoms with Crippen molar-refractivity contribution in [3.8, 4) is 0 Å². The molecule has 31 heavy (non-hydrogen) atoms. The average Bonchev–Trinajstić information content (AvgIpc) is 3.38. The van der Waals surface area contributed by atoms with Crippen molar-refractivity contribution in [1.82, 2.24) is 4.90 Å². The number of aliphatic hydroxyl groups excluding tert-OH is 1. The van der Waals surface area contributed by atoms with E-state index in [1.54, 1.807) is 11.0 Å². The first-order valence-electron chi connectivity index (χ1n) is 10.4. The van der Waals surface area contributed by atoms with E-state index in [0.717, 1.165) is 15.6 Å². The molecule has 1 amide bonds. The molecule has 160 valence electrons. The molecule has 1 aliphatic heterocycles. The molecule has 0 aliphatic carbocycles. The van der Waals surface area contributed by atoms with Crippen molar-refractivity contribution in [1.29, 1.82) is 0 Å². The number of nitrogens with zero attached hydrogens (tertiary/aromatic N) is 1. The predicted molar refractivity (Wildman–Crippen MR) is 123 cm³/mol. The number of carbonyl (C=O) groups excluding carboxylic acids is 2. The minimum Gasteiger partial charge on any atom is -0.507 e. The number of fused-ring (bicyclic) bond motifs is 1. The summed E-state index contributed by atoms with van der Waals surface area (Å²) in [5.41, 5.74) is 0.675. The first-order chi connectivity index (χ1) is 15.0. The minimum atomic E-state index is -0.645. The Morgan fingerprint density at radius 1 is 1.10 bits per heavy atom. The van der Waals surface area contributed by atoms with Gasteiger partial charge in [-0.1, -0.05) is 42.5 Å². The number of amides is 1. The molecule has 0 saturated carbocycles. The zero-order chi connectivity index (χ0) is 22.0. The highest BCUT2D eigenvalue weighted by atomic mass is 32.1. The van der Waals surface area contributed by atoms with E-state index in [4.69, 9.17) is 4.74 Å². The highest BCUT2D eigenvalue weighted by Gasteiger charge is 2.46. The van der Waals surface area contributed by atoms with Crippen molar-refractivity contribution < 1.29 is 19.4 Å². The van der Waals surface area contributed by atoms with Crippen molar-refractivity contribution in [3.05, 3.63) is 76.0 Å². The molecule has 0 radical (unpaired) electrons. The van der Waals surface area contributed by atoms with Gasteiger partial charge in [0, 0.05) is 23.6 Å². The average molecular weight is 436 g/mol. The molecule has 4 rings (SSSR count). The van der Waals surface area contributed by atoms with E-state index in [2.05, 4.69) is 0 Å². The fourth-order valence-electron chi connectivity index (χ4n) is 3.90. The smallest absolute Gasteiger partial charge is 0.295 e. The topological polar surface area (TPSA) is 66.8 Å². The van der Waals surface area contributed by atoms with Gasteiger partial charge in [0.15, 0.2) is 0 Å². The highest BCUT2D eigenvalue weighted by molar-refractivity contribution is 7.10. The third-order valence-corrected chi connectivity index (χ3v) is 6.29. The van der Waals surface area contributed by atoms with Crippen LogP contribution >= 0.6 is 11.3 Å². The Labute approximate surface area is 185 Å². The highest BCUT2D eigenvalue weighted by Crippen LogP contribution is 2.41. The van der Waals surface area contributed by atoms with Crippen LogP contribution in [0, 0.1) is 0 Å². The molecule has 0 spiro atoms. The van der Waals surface area contributed by atoms with Crippen molar-refractivity contribution in [2.75, 3.05) is 13.2 Å². The third-order valence-electron chi connectivity index (χ3n) is 5.37. The van der Waals surface area contributed by atoms with Crippen LogP contribution in [0.2, 0.25) is 0 Å². The lowest BCUT2D eigenvalue weighted by Crippen LogP contribution is -2.31. The molecule has 1 unspecified atom stereocenters. The number of ketones is 1. The second-order valence-corrected chi connectivity index (χ2v) is 8.82. The van der Waals surface area contributed by atoms with Crippen molar-refractivity contribution in [2.24, 2.45) is 0 Å². The number of Topliss-reactive ketones (excluding diaryl/α,β-unsaturated/α-hetero) is 1. The second kappa shape index (κ2) is 9.04. The number of benzene rings is 2. The standard InChI is InChI=1S/C25H25NO4S/c1-16(2)30-13-6-12-26-22(20-9-5-14-31-20)21(24(28)25(26)29)23(27)19-11-10-17-7-3-4-8-18(17)15-19/h3-5,7-11,14-16,22,27H,6,12-13H2,1-2H3/b23-21-. The molecule has 0 bridgehead atoms. The van der Waals surface area contributed by atoms with E-state index < -0.39 is 17.7 Å². The van der Waals surface area contributed by atoms with E-state index in [0.29, 0.717) is 25.1 Å². The molecule has 2 heterocycles. The zero-order valence-electron chi connectivity index (χ0n) is 17.6. The summed E-state index contributed by atoms with van der Waals surface area (Å²) >= 11 is 1.47. The molecular formula is C25H25NO4S. The van der Waals surface area contributed by atoms with Crippen LogP contribution < -0.4 is 0 Å². The van der Waals surface area contributed by atoms with Crippen molar-refractivity contribution in [2.45, 2.75) is 32.4 Å². The van der Waals surface area contributed by atoms with Gasteiger partial charge in [0.2, 0.25) is 0 Å². The van der Waals surface area contributed by atoms with E-state index >= 15 is 0 Å². The Kier molecular flexibility index (Phi) is 6.20. The summed E-state index contributed by atoms with van der Waals surface area (Å²) < 4.78 is 5.59. The van der Waals surface area contributed by atoms with Crippen molar-refractivity contribution >= 4 is 39.6 Å². The fourth-order valence-corrected chi connectivity index (χ4v) is 4.74. The van der Waals surface area contributed by atoms with Gasteiger partial charge >= 0.3 is 0 Å². The Bertz CT molecular complexity index is 1130. The van der Waals surface area contributed by atoms with Crippen LogP contribution in [0.5, 0.6) is 0 Å². The lowest BCUT2D eigenvalue weighted by Gasteiger charge is -2.24. The molecule has 1 N–H and O–H groups in total. The maximum absolute atomic E-state index is 13.0. The zero-order valence-corrected chi connectivity index (χ0v) is 18.4. The number of rotatable bonds is 7. The Morgan fingerprint density at radius 2 is 1.87 bits per heavy atom. The molecule has 6 heteroatoms. The first kappa shape index (κ1) is 21.3. The summed E-state index contributed by atoms with van der Waals surface area (Å²) in [4.78, 5) is 28.3. The molecule has 5 nitrogen and oxygen atoms in total. The van der Waals surface area contributed by atoms with Gasteiger partial charge in [-0.05, 0) is 48.6 Å². The summed E-state index contributed by atoms with van der Waals surface area (Å²) in [6.45, 7) is 4.81. The summed E-state index contributed by atoms with van der Waals surface area (Å²) in [6, 6.07) is 16.6. The van der Waals surface area contributed by atoms with Crippen LogP contribution in [0.3, 0.4) is 0 Å². The molecule has 1 atom stereocenters. The lowest BCUT2D eigenvalue weighted by molar-refractivity contribution is -0.140. The van der Waals surface area contributed by atoms with Crippen LogP contribution in [-0.2, 0) is 14.3 Å². The Hall–Kier alpha value is -2.96. The molecule has 1 aliphatic rings. The fraction of sp³-hybridized carbons (Fsp3) is 0.280. The molecule has 1 aromatic heterocycles. The third kappa shape index (κ3) is 4.27. The summed E-state index contributed by atoms with van der Waals surface area (Å²) in [7, 11) is 0. The van der Waals surface area contributed by atoms with Crippen LogP contribution in [0.25, 0.3) is 16.5 Å². The second-order valence-electron chi connectivity index (χ2n) is 7.84. The maximum atomic E-state index is 13.0. The van der Waals surface area contributed by atoms with Gasteiger partial charge in [-0.2, -0.15) is 0 Å². The maximum Gasteiger partial charge on any atom is 0.295 e. The molecule has 3 aromatic rings. The Balaban J connectivity index is 1.73. The first-order valence-corrected chi connectivity index (χ1v) is 11.3. The summed E-state index contributed by atoms with van der Waals surface area (Å²) in [5.74, 6) is -1.36. The number of carbonyl (C=O) groups is 2. The van der Waals surface area contributed by atoms with Crippen LogP contribution in [0.4, 0.5) is 0 Å². The van der Waals surface area contributed by atoms with Crippen LogP contribution in [0.1, 0.15) is 36.8 Å². The number of hydrogen-bond donors (Lipinski definition) is 1. The summed E-state index contributed by atoms with van der Waals surface area (Å²) in [6.07, 6.45) is 0.722. The van der Waals surface area contributed by atoms with Crippen LogP contribution in [0.15, 0.2) is 65.6 Å². The van der Waals surface area contributed by atoms with Crippen LogP contribution in [-0.4, -0.2) is 41.0 Å². The molecule has 1 saturated heterocycles. The van der Waals surface area contributed by atoms with Gasteiger partial charge in [-0.25, -0.2) is 0 Å². The molecule has 2 aromatic carbocycles. The van der Waals surface area contributed by atoms with E-state index in [-0.39, 0.29) is 17.4 Å². The monoisotopic (exact) mass is 435 g/mol. The number of likely N-dealkylation sites (tertiary alicyclic amines) is 1. The minimum absolute atomic E-state index is 0.108. The van der Waals surface area contributed by atoms with Gasteiger partial charge in [0.05, 0.1) is 17.7 Å². The number of hydrogen-bond acceptors (Lipinski definition) is 5. The Morgan fingerprint density at radius 3 is 2.58 bits per heavy atom. The van der Waals surface area contributed by atoms with Crippen molar-refractivity contribution in [3.63, 3.8) is 0 Å². The normalized spacial score (nSPS) is 18.4. The van der Waals surface area contributed by atoms with Gasteiger partial charge < -0.3 is 14.7 Å². The van der Waals surface area contributed by atoms with Gasteiger partial charge in [-0.3, -0.25) is 9.59 Å². The van der Waals surface area contributed by atoms with Gasteiger partial charge in [0.1, 0.15) is 5.76 Å². The molecular weight excluding hydrogens is 410 g/mol. The molecule has 1 fully saturated rings. The van der Waals surface area contributed by atoms with Gasteiger partial charge in [0.25, 0.3) is 11.7 Å². The van der Waals surface area contributed by atoms with E-state index in [1.165, 1.54) is 11.3 Å². The number of aliphatic hydroxyl groups is 1. The lowest BCUT2D eigenvalue weighted by atomic mass is 9.98. The predicted octanol–water partition coefficient (Wildman–Crippen LogP) is 5.14. The SMILES string of the molecule is CC(C)OCCCN1C(=O)C(=O)/C(=C(\O)c2ccc3ccccc3c2)C1c1cccs1. The number of ether oxygens (including phenoxy) is 1. The van der Waals surface area contributed by atoms with Gasteiger partial charge in [-0.15, -0.1) is 11.3 Å². The van der Waals surface area contributed by atoms with E-state index in [9.17, 15) is 14.7 Å². The quantitative estimate of drug-likeness (QED) is 0.242.